The van der Waals surface area contributed by atoms with Crippen LogP contribution in [-0.2, 0) is 21.5 Å². The summed E-state index contributed by atoms with van der Waals surface area (Å²) < 4.78 is 38.8. The molecular formula is C13H20FN3O3S. The van der Waals surface area contributed by atoms with Gasteiger partial charge in [0.1, 0.15) is 5.82 Å². The fourth-order valence-corrected chi connectivity index (χ4v) is 2.68. The maximum absolute atomic E-state index is 12.7. The van der Waals surface area contributed by atoms with Crippen molar-refractivity contribution < 1.29 is 17.6 Å². The minimum atomic E-state index is -3.62. The highest BCUT2D eigenvalue weighted by atomic mass is 32.2. The normalized spacial score (nSPS) is 11.9. The van der Waals surface area contributed by atoms with Crippen LogP contribution < -0.4 is 5.32 Å². The second kappa shape index (κ2) is 7.48. The number of hydrogen-bond acceptors (Lipinski definition) is 3. The fourth-order valence-electron chi connectivity index (χ4n) is 1.61. The summed E-state index contributed by atoms with van der Waals surface area (Å²) >= 11 is 0. The second-order valence-electron chi connectivity index (χ2n) is 4.62. The van der Waals surface area contributed by atoms with Crippen LogP contribution in [0.3, 0.4) is 0 Å². The van der Waals surface area contributed by atoms with Crippen LogP contribution in [0.2, 0.25) is 0 Å². The minimum Gasteiger partial charge on any atom is -0.351 e. The molecule has 8 heteroatoms. The monoisotopic (exact) mass is 317 g/mol. The van der Waals surface area contributed by atoms with E-state index >= 15 is 0 Å². The van der Waals surface area contributed by atoms with E-state index in [1.54, 1.807) is 19.1 Å². The van der Waals surface area contributed by atoms with Gasteiger partial charge in [-0.3, -0.25) is 4.79 Å². The second-order valence-corrected chi connectivity index (χ2v) is 6.76. The zero-order valence-corrected chi connectivity index (χ0v) is 13.2. The number of hydrogen-bond donors (Lipinski definition) is 1. The Kier molecular flexibility index (Phi) is 6.25. The zero-order valence-electron chi connectivity index (χ0n) is 12.3. The van der Waals surface area contributed by atoms with Gasteiger partial charge in [0.2, 0.25) is 5.91 Å². The van der Waals surface area contributed by atoms with Crippen molar-refractivity contribution in [1.29, 1.82) is 0 Å². The Hall–Kier alpha value is -1.51. The molecule has 6 nitrogen and oxygen atoms in total. The highest BCUT2D eigenvalue weighted by molar-refractivity contribution is 7.86. The molecule has 0 radical (unpaired) electrons. The van der Waals surface area contributed by atoms with Crippen molar-refractivity contribution in [3.63, 3.8) is 0 Å². The molecule has 0 aliphatic rings. The molecule has 0 bridgehead atoms. The molecule has 1 aromatic carbocycles. The number of likely N-dealkylation sites (N-methyl/N-ethyl adjacent to an activating group) is 1. The fraction of sp³-hybridized carbons (Fsp3) is 0.462. The highest BCUT2D eigenvalue weighted by Gasteiger charge is 2.24. The molecule has 0 aliphatic carbocycles. The third-order valence-electron chi connectivity index (χ3n) is 2.86. The molecule has 1 rings (SSSR count). The Bertz CT molecular complexity index is 573. The van der Waals surface area contributed by atoms with Crippen LogP contribution in [0.1, 0.15) is 12.5 Å². The molecule has 0 heterocycles. The maximum atomic E-state index is 12.7. The quantitative estimate of drug-likeness (QED) is 0.799. The van der Waals surface area contributed by atoms with Crippen molar-refractivity contribution in [2.45, 2.75) is 13.5 Å². The third kappa shape index (κ3) is 5.07. The van der Waals surface area contributed by atoms with Crippen LogP contribution in [0.5, 0.6) is 0 Å². The number of carbonyl (C=O) groups excluding carboxylic acids is 1. The summed E-state index contributed by atoms with van der Waals surface area (Å²) in [6.07, 6.45) is 0. The molecule has 1 N–H and O–H groups in total. The predicted molar refractivity (Wildman–Crippen MR) is 78.1 cm³/mol. The number of halogens is 1. The van der Waals surface area contributed by atoms with Gasteiger partial charge in [0.25, 0.3) is 10.2 Å². The van der Waals surface area contributed by atoms with Crippen molar-refractivity contribution in [3.05, 3.63) is 35.6 Å². The van der Waals surface area contributed by atoms with Gasteiger partial charge in [-0.05, 0) is 17.7 Å². The average Bonchev–Trinajstić information content (AvgIpc) is 2.43. The Labute approximate surface area is 124 Å². The molecule has 118 valence electrons. The van der Waals surface area contributed by atoms with Crippen molar-refractivity contribution >= 4 is 16.1 Å². The largest absolute Gasteiger partial charge is 0.351 e. The molecule has 0 atom stereocenters. The van der Waals surface area contributed by atoms with E-state index in [4.69, 9.17) is 0 Å². The lowest BCUT2D eigenvalue weighted by atomic mass is 10.2. The topological polar surface area (TPSA) is 69.7 Å². The Morgan fingerprint density at radius 2 is 1.81 bits per heavy atom. The lowest BCUT2D eigenvalue weighted by Gasteiger charge is -2.23. The maximum Gasteiger partial charge on any atom is 0.281 e. The zero-order chi connectivity index (χ0) is 16.0. The number of rotatable bonds is 7. The smallest absolute Gasteiger partial charge is 0.281 e. The lowest BCUT2D eigenvalue weighted by Crippen LogP contribution is -2.45. The molecule has 1 amide bonds. The SMILES string of the molecule is CCN(CC(=O)NCc1ccc(F)cc1)S(=O)(=O)N(C)C. The molecule has 0 aliphatic heterocycles. The van der Waals surface area contributed by atoms with E-state index in [-0.39, 0.29) is 25.5 Å². The Balaban J connectivity index is 2.58. The van der Waals surface area contributed by atoms with E-state index in [1.165, 1.54) is 26.2 Å². The molecule has 0 saturated heterocycles. The van der Waals surface area contributed by atoms with Gasteiger partial charge in [-0.1, -0.05) is 19.1 Å². The molecule has 0 fully saturated rings. The van der Waals surface area contributed by atoms with Gasteiger partial charge in [0, 0.05) is 27.2 Å². The number of carbonyl (C=O) groups is 1. The average molecular weight is 317 g/mol. The molecule has 1 aromatic rings. The van der Waals surface area contributed by atoms with Gasteiger partial charge in [-0.25, -0.2) is 4.39 Å². The van der Waals surface area contributed by atoms with E-state index in [1.807, 2.05) is 0 Å². The van der Waals surface area contributed by atoms with E-state index < -0.39 is 16.1 Å². The third-order valence-corrected chi connectivity index (χ3v) is 4.83. The van der Waals surface area contributed by atoms with Crippen molar-refractivity contribution in [2.24, 2.45) is 0 Å². The molecule has 0 saturated carbocycles. The number of amides is 1. The van der Waals surface area contributed by atoms with Crippen LogP contribution in [0.25, 0.3) is 0 Å². The summed E-state index contributed by atoms with van der Waals surface area (Å²) in [7, 11) is -0.794. The van der Waals surface area contributed by atoms with Crippen LogP contribution in [0.15, 0.2) is 24.3 Å². The minimum absolute atomic E-state index is 0.199. The van der Waals surface area contributed by atoms with Gasteiger partial charge in [0.05, 0.1) is 6.54 Å². The summed E-state index contributed by atoms with van der Waals surface area (Å²) in [6, 6.07) is 5.72. The van der Waals surface area contributed by atoms with Gasteiger partial charge in [0.15, 0.2) is 0 Å². The van der Waals surface area contributed by atoms with E-state index in [0.29, 0.717) is 0 Å². The van der Waals surface area contributed by atoms with Gasteiger partial charge < -0.3 is 5.32 Å². The predicted octanol–water partition coefficient (Wildman–Crippen LogP) is 0.570. The van der Waals surface area contributed by atoms with E-state index in [9.17, 15) is 17.6 Å². The summed E-state index contributed by atoms with van der Waals surface area (Å²) in [5, 5.41) is 2.61. The summed E-state index contributed by atoms with van der Waals surface area (Å²) in [5.74, 6) is -0.758. The molecular weight excluding hydrogens is 297 g/mol. The van der Waals surface area contributed by atoms with Gasteiger partial charge in [-0.2, -0.15) is 17.0 Å². The Morgan fingerprint density at radius 1 is 1.24 bits per heavy atom. The number of benzene rings is 1. The summed E-state index contributed by atoms with van der Waals surface area (Å²) in [6.45, 7) is 1.83. The number of nitrogens with one attached hydrogen (secondary N) is 1. The lowest BCUT2D eigenvalue weighted by molar-refractivity contribution is -0.121. The summed E-state index contributed by atoms with van der Waals surface area (Å²) in [5.41, 5.74) is 0.739. The first-order chi connectivity index (χ1) is 9.77. The van der Waals surface area contributed by atoms with E-state index in [2.05, 4.69) is 5.32 Å². The van der Waals surface area contributed by atoms with Crippen LogP contribution >= 0.6 is 0 Å². The van der Waals surface area contributed by atoms with Crippen molar-refractivity contribution in [1.82, 2.24) is 13.9 Å². The molecule has 0 spiro atoms. The first kappa shape index (κ1) is 17.5. The van der Waals surface area contributed by atoms with Gasteiger partial charge in [-0.15, -0.1) is 0 Å². The molecule has 0 aromatic heterocycles. The van der Waals surface area contributed by atoms with Crippen LogP contribution in [-0.4, -0.2) is 50.1 Å². The van der Waals surface area contributed by atoms with Crippen molar-refractivity contribution in [3.8, 4) is 0 Å². The Morgan fingerprint density at radius 3 is 2.29 bits per heavy atom. The molecule has 0 unspecified atom stereocenters. The highest BCUT2D eigenvalue weighted by Crippen LogP contribution is 2.04. The molecule has 21 heavy (non-hydrogen) atoms. The van der Waals surface area contributed by atoms with Crippen LogP contribution in [0, 0.1) is 5.82 Å². The van der Waals surface area contributed by atoms with E-state index in [0.717, 1.165) is 14.2 Å². The first-order valence-corrected chi connectivity index (χ1v) is 7.85. The standard InChI is InChI=1S/C13H20FN3O3S/c1-4-17(21(19,20)16(2)3)10-13(18)15-9-11-5-7-12(14)8-6-11/h5-8H,4,9-10H2,1-3H3,(H,15,18). The first-order valence-electron chi connectivity index (χ1n) is 6.46. The van der Waals surface area contributed by atoms with Crippen molar-refractivity contribution in [2.75, 3.05) is 27.2 Å². The van der Waals surface area contributed by atoms with Crippen LogP contribution in [0.4, 0.5) is 4.39 Å². The van der Waals surface area contributed by atoms with Gasteiger partial charge >= 0.3 is 0 Å². The summed E-state index contributed by atoms with van der Waals surface area (Å²) in [4.78, 5) is 11.8. The number of nitrogens with zero attached hydrogens (tertiary/aromatic N) is 2.